The van der Waals surface area contributed by atoms with Crippen LogP contribution in [-0.2, 0) is 11.0 Å². The zero-order valence-electron chi connectivity index (χ0n) is 13.1. The Morgan fingerprint density at radius 3 is 2.35 bits per heavy atom. The van der Waals surface area contributed by atoms with Crippen molar-refractivity contribution < 1.29 is 18.0 Å². The summed E-state index contributed by atoms with van der Waals surface area (Å²) in [5.74, 6) is -0.0464. The van der Waals surface area contributed by atoms with Crippen LogP contribution in [0.25, 0.3) is 0 Å². The van der Waals surface area contributed by atoms with E-state index in [4.69, 9.17) is 11.6 Å². The molecule has 2 rings (SSSR count). The van der Waals surface area contributed by atoms with Crippen LogP contribution in [0.5, 0.6) is 0 Å². The van der Waals surface area contributed by atoms with E-state index in [0.717, 1.165) is 38.1 Å². The van der Waals surface area contributed by atoms with Gasteiger partial charge in [0.2, 0.25) is 5.91 Å². The molecule has 0 spiro atoms. The number of benzene rings is 1. The lowest BCUT2D eigenvalue weighted by atomic mass is 10.0. The van der Waals surface area contributed by atoms with Crippen molar-refractivity contribution >= 4 is 23.2 Å². The fourth-order valence-corrected chi connectivity index (χ4v) is 2.86. The van der Waals surface area contributed by atoms with Gasteiger partial charge in [0.15, 0.2) is 0 Å². The van der Waals surface area contributed by atoms with Crippen molar-refractivity contribution in [1.82, 2.24) is 4.90 Å². The molecule has 23 heavy (non-hydrogen) atoms. The van der Waals surface area contributed by atoms with Gasteiger partial charge in [0.25, 0.3) is 0 Å². The van der Waals surface area contributed by atoms with E-state index in [1.807, 2.05) is 13.8 Å². The Balaban J connectivity index is 2.18. The molecule has 1 saturated heterocycles. The van der Waals surface area contributed by atoms with Gasteiger partial charge in [-0.15, -0.1) is 0 Å². The summed E-state index contributed by atoms with van der Waals surface area (Å²) < 4.78 is 38.0. The highest BCUT2D eigenvalue weighted by Gasteiger charge is 2.32. The Morgan fingerprint density at radius 1 is 1.26 bits per heavy atom. The second kappa shape index (κ2) is 6.99. The van der Waals surface area contributed by atoms with Gasteiger partial charge in [-0.2, -0.15) is 13.2 Å². The van der Waals surface area contributed by atoms with Crippen LogP contribution in [0.1, 0.15) is 32.3 Å². The Morgan fingerprint density at radius 2 is 1.87 bits per heavy atom. The molecule has 1 heterocycles. The Kier molecular flexibility index (Phi) is 5.45. The molecule has 0 aliphatic carbocycles. The number of carbonyl (C=O) groups excluding carboxylic acids is 1. The molecule has 1 aliphatic rings. The first kappa shape index (κ1) is 17.9. The summed E-state index contributed by atoms with van der Waals surface area (Å²) >= 11 is 5.96. The third-order valence-corrected chi connectivity index (χ3v) is 4.27. The molecule has 1 atom stereocenters. The van der Waals surface area contributed by atoms with Gasteiger partial charge in [-0.25, -0.2) is 0 Å². The van der Waals surface area contributed by atoms with Crippen molar-refractivity contribution in [3.05, 3.63) is 28.8 Å². The number of nitrogens with one attached hydrogen (secondary N) is 1. The van der Waals surface area contributed by atoms with Crippen molar-refractivity contribution in [3.63, 3.8) is 0 Å². The summed E-state index contributed by atoms with van der Waals surface area (Å²) in [4.78, 5) is 14.4. The lowest BCUT2D eigenvalue weighted by Gasteiger charge is -2.28. The zero-order chi connectivity index (χ0) is 17.2. The van der Waals surface area contributed by atoms with E-state index in [0.29, 0.717) is 5.69 Å². The standard InChI is InChI=1S/C16H20ClF3N2O/c1-10(2)14(15(23)22-7-3-4-8-22)21-13-6-5-11(9-12(13)17)16(18,19)20/h5-6,9-10,14,21H,3-4,7-8H2,1-2H3/t14-/m0/s1. The fraction of sp³-hybridized carbons (Fsp3) is 0.562. The number of rotatable bonds is 4. The number of halogens is 4. The largest absolute Gasteiger partial charge is 0.416 e. The smallest absolute Gasteiger partial charge is 0.372 e. The predicted octanol–water partition coefficient (Wildman–Crippen LogP) is 4.42. The van der Waals surface area contributed by atoms with Gasteiger partial charge in [0.1, 0.15) is 6.04 Å². The third-order valence-electron chi connectivity index (χ3n) is 3.96. The number of anilines is 1. The van der Waals surface area contributed by atoms with Crippen LogP contribution in [-0.4, -0.2) is 29.9 Å². The number of hydrogen-bond donors (Lipinski definition) is 1. The highest BCUT2D eigenvalue weighted by molar-refractivity contribution is 6.33. The third kappa shape index (κ3) is 4.31. The number of carbonyl (C=O) groups is 1. The zero-order valence-corrected chi connectivity index (χ0v) is 13.8. The van der Waals surface area contributed by atoms with Crippen molar-refractivity contribution in [2.24, 2.45) is 5.92 Å². The second-order valence-electron chi connectivity index (χ2n) is 6.09. The average Bonchev–Trinajstić information content (AvgIpc) is 2.98. The first-order valence-corrected chi connectivity index (χ1v) is 8.00. The average molecular weight is 349 g/mol. The molecule has 1 N–H and O–H groups in total. The highest BCUT2D eigenvalue weighted by atomic mass is 35.5. The monoisotopic (exact) mass is 348 g/mol. The van der Waals surface area contributed by atoms with E-state index in [2.05, 4.69) is 5.32 Å². The van der Waals surface area contributed by atoms with Crippen LogP contribution in [0, 0.1) is 5.92 Å². The Labute approximate surface area is 138 Å². The molecule has 0 radical (unpaired) electrons. The van der Waals surface area contributed by atoms with E-state index in [9.17, 15) is 18.0 Å². The van der Waals surface area contributed by atoms with E-state index >= 15 is 0 Å². The van der Waals surface area contributed by atoms with Gasteiger partial charge < -0.3 is 10.2 Å². The minimum absolute atomic E-state index is 0.0125. The fourth-order valence-electron chi connectivity index (χ4n) is 2.62. The summed E-state index contributed by atoms with van der Waals surface area (Å²) in [6, 6.07) is 2.60. The maximum Gasteiger partial charge on any atom is 0.416 e. The van der Waals surface area contributed by atoms with Crippen molar-refractivity contribution in [3.8, 4) is 0 Å². The van der Waals surface area contributed by atoms with Crippen LogP contribution in [0.3, 0.4) is 0 Å². The van der Waals surface area contributed by atoms with Gasteiger partial charge in [-0.05, 0) is 37.0 Å². The number of nitrogens with zero attached hydrogens (tertiary/aromatic N) is 1. The second-order valence-corrected chi connectivity index (χ2v) is 6.50. The molecular formula is C16H20ClF3N2O. The molecule has 1 fully saturated rings. The van der Waals surface area contributed by atoms with E-state index in [1.54, 1.807) is 4.90 Å². The number of alkyl halides is 3. The maximum atomic E-state index is 12.7. The van der Waals surface area contributed by atoms with Gasteiger partial charge in [-0.3, -0.25) is 4.79 Å². The molecule has 1 aliphatic heterocycles. The predicted molar refractivity (Wildman–Crippen MR) is 84.5 cm³/mol. The first-order valence-electron chi connectivity index (χ1n) is 7.62. The van der Waals surface area contributed by atoms with Crippen molar-refractivity contribution in [1.29, 1.82) is 0 Å². The van der Waals surface area contributed by atoms with Gasteiger partial charge in [0, 0.05) is 13.1 Å². The van der Waals surface area contributed by atoms with E-state index in [1.165, 1.54) is 6.07 Å². The minimum Gasteiger partial charge on any atom is -0.372 e. The summed E-state index contributed by atoms with van der Waals surface area (Å²) in [7, 11) is 0. The molecule has 128 valence electrons. The maximum absolute atomic E-state index is 12.7. The highest BCUT2D eigenvalue weighted by Crippen LogP contribution is 2.34. The number of amides is 1. The quantitative estimate of drug-likeness (QED) is 0.873. The molecule has 1 aromatic carbocycles. The lowest BCUT2D eigenvalue weighted by Crippen LogP contribution is -2.44. The van der Waals surface area contributed by atoms with Crippen LogP contribution < -0.4 is 5.32 Å². The Bertz CT molecular complexity index is 569. The van der Waals surface area contributed by atoms with Gasteiger partial charge in [-0.1, -0.05) is 25.4 Å². The van der Waals surface area contributed by atoms with Crippen LogP contribution in [0.15, 0.2) is 18.2 Å². The molecule has 0 aromatic heterocycles. The summed E-state index contributed by atoms with van der Waals surface area (Å²) in [6.07, 6.45) is -2.47. The summed E-state index contributed by atoms with van der Waals surface area (Å²) in [6.45, 7) is 5.24. The molecule has 3 nitrogen and oxygen atoms in total. The lowest BCUT2D eigenvalue weighted by molar-refractivity contribution is -0.137. The van der Waals surface area contributed by atoms with Crippen molar-refractivity contribution in [2.75, 3.05) is 18.4 Å². The summed E-state index contributed by atoms with van der Waals surface area (Å²) in [5, 5.41) is 2.97. The van der Waals surface area contributed by atoms with Crippen LogP contribution in [0.4, 0.5) is 18.9 Å². The van der Waals surface area contributed by atoms with Crippen LogP contribution >= 0.6 is 11.6 Å². The van der Waals surface area contributed by atoms with Crippen molar-refractivity contribution in [2.45, 2.75) is 38.9 Å². The topological polar surface area (TPSA) is 32.3 Å². The molecule has 0 unspecified atom stereocenters. The molecule has 1 aromatic rings. The SMILES string of the molecule is CC(C)[C@H](Nc1ccc(C(F)(F)F)cc1Cl)C(=O)N1CCCC1. The minimum atomic E-state index is -4.44. The molecule has 0 bridgehead atoms. The molecule has 0 saturated carbocycles. The molecule has 7 heteroatoms. The first-order chi connectivity index (χ1) is 10.7. The number of likely N-dealkylation sites (tertiary alicyclic amines) is 1. The van der Waals surface area contributed by atoms with Gasteiger partial charge in [0.05, 0.1) is 16.3 Å². The molecule has 1 amide bonds. The van der Waals surface area contributed by atoms with Crippen LogP contribution in [0.2, 0.25) is 5.02 Å². The summed E-state index contributed by atoms with van der Waals surface area (Å²) in [5.41, 5.74) is -0.467. The van der Waals surface area contributed by atoms with E-state index in [-0.39, 0.29) is 16.8 Å². The van der Waals surface area contributed by atoms with Gasteiger partial charge >= 0.3 is 6.18 Å². The number of hydrogen-bond acceptors (Lipinski definition) is 2. The molecular weight excluding hydrogens is 329 g/mol. The Hall–Kier alpha value is -1.43. The van der Waals surface area contributed by atoms with E-state index < -0.39 is 17.8 Å². The normalized spacial score (nSPS) is 16.7.